The topological polar surface area (TPSA) is 77.4 Å². The van der Waals surface area contributed by atoms with Crippen molar-refractivity contribution in [2.75, 3.05) is 11.6 Å². The zero-order valence-electron chi connectivity index (χ0n) is 17.4. The number of benzene rings is 1. The molecule has 0 aliphatic carbocycles. The van der Waals surface area contributed by atoms with Crippen LogP contribution in [0.15, 0.2) is 39.0 Å². The fraction of sp³-hybridized carbons (Fsp3) is 0.429. The van der Waals surface area contributed by atoms with E-state index in [0.29, 0.717) is 35.2 Å². The molecule has 158 valence electrons. The second kappa shape index (κ2) is 8.10. The Hall–Kier alpha value is -2.87. The monoisotopic (exact) mass is 428 g/mol. The minimum absolute atomic E-state index is 0.352. The molecule has 4 rings (SSSR count). The van der Waals surface area contributed by atoms with Gasteiger partial charge >= 0.3 is 5.69 Å². The maximum Gasteiger partial charge on any atom is 0.332 e. The van der Waals surface area contributed by atoms with E-state index in [0.717, 1.165) is 41.5 Å². The number of imidazole rings is 1. The number of anilines is 1. The molecular weight excluding hydrogens is 404 g/mol. The van der Waals surface area contributed by atoms with Crippen LogP contribution in [-0.4, -0.2) is 30.9 Å². The van der Waals surface area contributed by atoms with Crippen LogP contribution in [0.3, 0.4) is 0 Å². The average Bonchev–Trinajstić information content (AvgIpc) is 3.14. The van der Waals surface area contributed by atoms with Gasteiger partial charge in [-0.15, -0.1) is 0 Å². The Morgan fingerprint density at radius 2 is 1.77 bits per heavy atom. The molecule has 0 unspecified atom stereocenters. The number of hydrogen-bond acceptors (Lipinski definition) is 5. The van der Waals surface area contributed by atoms with E-state index in [-0.39, 0.29) is 5.56 Å². The number of aromatic nitrogens is 4. The van der Waals surface area contributed by atoms with Crippen LogP contribution in [0.2, 0.25) is 5.02 Å². The quantitative estimate of drug-likeness (QED) is 0.565. The van der Waals surface area contributed by atoms with E-state index < -0.39 is 5.69 Å². The second-order valence-electron chi connectivity index (χ2n) is 7.61. The minimum atomic E-state index is -0.392. The van der Waals surface area contributed by atoms with E-state index in [9.17, 15) is 9.59 Å². The highest BCUT2D eigenvalue weighted by Crippen LogP contribution is 2.26. The molecule has 1 aliphatic heterocycles. The summed E-state index contributed by atoms with van der Waals surface area (Å²) in [6, 6.07) is 7.51. The Balaban J connectivity index is 1.85. The predicted octanol–water partition coefficient (Wildman–Crippen LogP) is 2.89. The molecule has 1 aliphatic rings. The summed E-state index contributed by atoms with van der Waals surface area (Å²) < 4.78 is 4.41. The lowest BCUT2D eigenvalue weighted by atomic mass is 10.1. The molecule has 0 spiro atoms. The van der Waals surface area contributed by atoms with Crippen molar-refractivity contribution in [2.45, 2.75) is 39.2 Å². The van der Waals surface area contributed by atoms with Crippen molar-refractivity contribution < 1.29 is 0 Å². The number of nitrogens with zero attached hydrogens (tertiary/aromatic N) is 6. The van der Waals surface area contributed by atoms with Crippen LogP contribution in [0.5, 0.6) is 0 Å². The third-order valence-electron chi connectivity index (χ3n) is 5.51. The first kappa shape index (κ1) is 20.4. The summed E-state index contributed by atoms with van der Waals surface area (Å²) in [5.74, 6) is 0.595. The molecule has 9 heteroatoms. The van der Waals surface area contributed by atoms with Crippen molar-refractivity contribution >= 4 is 34.4 Å². The molecule has 2 aromatic heterocycles. The summed E-state index contributed by atoms with van der Waals surface area (Å²) in [4.78, 5) is 30.0. The molecule has 0 fully saturated rings. The molecule has 1 aromatic carbocycles. The minimum Gasteiger partial charge on any atom is -0.297 e. The molecule has 0 amide bonds. The number of unbranched alkanes of at least 4 members (excludes halogenated alkanes) is 3. The molecule has 0 bridgehead atoms. The number of hydrazone groups is 1. The van der Waals surface area contributed by atoms with Gasteiger partial charge in [0.15, 0.2) is 11.2 Å². The van der Waals surface area contributed by atoms with E-state index in [1.807, 2.05) is 33.8 Å². The lowest BCUT2D eigenvalue weighted by Gasteiger charge is -2.26. The molecule has 3 heterocycles. The van der Waals surface area contributed by atoms with Crippen molar-refractivity contribution in [3.05, 3.63) is 55.7 Å². The molecule has 8 nitrogen and oxygen atoms in total. The molecule has 0 N–H and O–H groups in total. The van der Waals surface area contributed by atoms with Crippen LogP contribution in [0.4, 0.5) is 5.95 Å². The number of halogens is 1. The fourth-order valence-electron chi connectivity index (χ4n) is 3.78. The molecule has 0 atom stereocenters. The average molecular weight is 429 g/mol. The third kappa shape index (κ3) is 3.45. The zero-order valence-corrected chi connectivity index (χ0v) is 18.2. The smallest absolute Gasteiger partial charge is 0.297 e. The van der Waals surface area contributed by atoms with Gasteiger partial charge in [0.2, 0.25) is 5.95 Å². The van der Waals surface area contributed by atoms with Gasteiger partial charge in [0.05, 0.1) is 12.3 Å². The van der Waals surface area contributed by atoms with Gasteiger partial charge < -0.3 is 0 Å². The Kier molecular flexibility index (Phi) is 5.51. The highest BCUT2D eigenvalue weighted by atomic mass is 35.5. The van der Waals surface area contributed by atoms with Gasteiger partial charge in [-0.1, -0.05) is 49.9 Å². The van der Waals surface area contributed by atoms with Gasteiger partial charge in [0.1, 0.15) is 0 Å². The van der Waals surface area contributed by atoms with Crippen molar-refractivity contribution in [1.82, 2.24) is 18.7 Å². The second-order valence-corrected chi connectivity index (χ2v) is 8.05. The van der Waals surface area contributed by atoms with Crippen LogP contribution >= 0.6 is 11.6 Å². The highest BCUT2D eigenvalue weighted by molar-refractivity contribution is 6.30. The van der Waals surface area contributed by atoms with Crippen LogP contribution in [0.25, 0.3) is 11.2 Å². The van der Waals surface area contributed by atoms with Gasteiger partial charge in [0.25, 0.3) is 5.56 Å². The summed E-state index contributed by atoms with van der Waals surface area (Å²) in [6.07, 6.45) is 4.37. The standard InChI is InChI=1S/C21H25ClN6O2/c1-4-5-6-7-12-28-20-23-18-17(19(29)26(3)21(30)25(18)2)27(20)13-16(24-28)14-8-10-15(22)11-9-14/h8-11H,4-7,12-13H2,1-3H3. The third-order valence-corrected chi connectivity index (χ3v) is 5.76. The number of hydrogen-bond donors (Lipinski definition) is 0. The summed E-state index contributed by atoms with van der Waals surface area (Å²) in [6.45, 7) is 3.26. The van der Waals surface area contributed by atoms with Crippen molar-refractivity contribution in [3.63, 3.8) is 0 Å². The number of fused-ring (bicyclic) bond motifs is 3. The van der Waals surface area contributed by atoms with Crippen LogP contribution in [-0.2, 0) is 20.6 Å². The van der Waals surface area contributed by atoms with Crippen molar-refractivity contribution in [3.8, 4) is 0 Å². The van der Waals surface area contributed by atoms with E-state index in [4.69, 9.17) is 16.7 Å². The molecule has 0 saturated heterocycles. The predicted molar refractivity (Wildman–Crippen MR) is 120 cm³/mol. The molecular formula is C21H25ClN6O2. The summed E-state index contributed by atoms with van der Waals surface area (Å²) >= 11 is 6.05. The van der Waals surface area contributed by atoms with Gasteiger partial charge in [-0.25, -0.2) is 9.80 Å². The molecule has 0 saturated carbocycles. The number of aryl methyl sites for hydroxylation is 1. The van der Waals surface area contributed by atoms with Gasteiger partial charge in [0, 0.05) is 25.7 Å². The first-order valence-electron chi connectivity index (χ1n) is 10.2. The summed E-state index contributed by atoms with van der Waals surface area (Å²) in [7, 11) is 3.12. The molecule has 3 aromatic rings. The van der Waals surface area contributed by atoms with Crippen LogP contribution < -0.4 is 16.3 Å². The first-order valence-corrected chi connectivity index (χ1v) is 10.6. The Bertz CT molecular complexity index is 1240. The maximum absolute atomic E-state index is 12.9. The largest absolute Gasteiger partial charge is 0.332 e. The molecule has 0 radical (unpaired) electrons. The first-order chi connectivity index (χ1) is 14.4. The van der Waals surface area contributed by atoms with Gasteiger partial charge in [-0.3, -0.25) is 18.5 Å². The van der Waals surface area contributed by atoms with E-state index in [1.54, 1.807) is 7.05 Å². The molecule has 30 heavy (non-hydrogen) atoms. The summed E-state index contributed by atoms with van der Waals surface area (Å²) in [5, 5.41) is 7.36. The highest BCUT2D eigenvalue weighted by Gasteiger charge is 2.27. The number of rotatable bonds is 6. The summed E-state index contributed by atoms with van der Waals surface area (Å²) in [5.41, 5.74) is 1.81. The van der Waals surface area contributed by atoms with Crippen molar-refractivity contribution in [2.24, 2.45) is 19.2 Å². The van der Waals surface area contributed by atoms with Gasteiger partial charge in [-0.2, -0.15) is 10.1 Å². The Morgan fingerprint density at radius 1 is 1.03 bits per heavy atom. The zero-order chi connectivity index (χ0) is 21.4. The van der Waals surface area contributed by atoms with Crippen molar-refractivity contribution in [1.29, 1.82) is 0 Å². The Labute approximate surface area is 179 Å². The maximum atomic E-state index is 12.9. The van der Waals surface area contributed by atoms with Gasteiger partial charge in [-0.05, 0) is 24.1 Å². The Morgan fingerprint density at radius 3 is 2.47 bits per heavy atom. The van der Waals surface area contributed by atoms with E-state index in [1.165, 1.54) is 11.6 Å². The fourth-order valence-corrected chi connectivity index (χ4v) is 3.91. The SMILES string of the molecule is CCCCCCN1N=C(c2ccc(Cl)cc2)Cn2c1nc1c2c(=O)n(C)c(=O)n1C. The lowest BCUT2D eigenvalue weighted by molar-refractivity contribution is 0.629. The lowest BCUT2D eigenvalue weighted by Crippen LogP contribution is -2.38. The van der Waals surface area contributed by atoms with E-state index in [2.05, 4.69) is 11.9 Å². The normalized spacial score (nSPS) is 13.6. The van der Waals surface area contributed by atoms with Crippen LogP contribution in [0, 0.1) is 0 Å². The van der Waals surface area contributed by atoms with Crippen LogP contribution in [0.1, 0.15) is 38.2 Å². The van der Waals surface area contributed by atoms with E-state index >= 15 is 0 Å².